The van der Waals surface area contributed by atoms with Crippen LogP contribution in [-0.2, 0) is 7.05 Å². The molecule has 3 N–H and O–H groups in total. The number of hydrogen-bond donors (Lipinski definition) is 3. The van der Waals surface area contributed by atoms with Gasteiger partial charge in [0.2, 0.25) is 0 Å². The molecule has 114 valence electrons. The lowest BCUT2D eigenvalue weighted by atomic mass is 10.2. The lowest BCUT2D eigenvalue weighted by molar-refractivity contribution is 0.0697. The third kappa shape index (κ3) is 4.13. The van der Waals surface area contributed by atoms with E-state index in [2.05, 4.69) is 20.9 Å². The van der Waals surface area contributed by atoms with Gasteiger partial charge in [-0.2, -0.15) is 10.2 Å². The van der Waals surface area contributed by atoms with E-state index in [4.69, 9.17) is 17.3 Å². The molecule has 0 saturated heterocycles. The Hall–Kier alpha value is -2.74. The highest BCUT2D eigenvalue weighted by Gasteiger charge is 2.04. The predicted molar refractivity (Wildman–Crippen MR) is 88.3 cm³/mol. The van der Waals surface area contributed by atoms with Gasteiger partial charge in [0, 0.05) is 24.5 Å². The Balaban J connectivity index is 1.94. The van der Waals surface area contributed by atoms with E-state index in [1.165, 1.54) is 12.1 Å². The number of aryl methyl sites for hydroxylation is 2. The van der Waals surface area contributed by atoms with Crippen molar-refractivity contribution in [1.29, 1.82) is 0 Å². The van der Waals surface area contributed by atoms with E-state index < -0.39 is 5.97 Å². The zero-order valence-corrected chi connectivity index (χ0v) is 12.9. The molecule has 0 bridgehead atoms. The maximum Gasteiger partial charge on any atom is 0.335 e. The minimum atomic E-state index is -0.993. The van der Waals surface area contributed by atoms with E-state index in [0.717, 1.165) is 11.3 Å². The highest BCUT2D eigenvalue weighted by atomic mass is 32.1. The molecule has 1 aromatic carbocycles. The Morgan fingerprint density at radius 1 is 1.50 bits per heavy atom. The quantitative estimate of drug-likeness (QED) is 0.452. The number of nitrogens with zero attached hydrogens (tertiary/aromatic N) is 3. The number of aromatic carboxylic acids is 1. The second-order valence-corrected chi connectivity index (χ2v) is 4.96. The van der Waals surface area contributed by atoms with Crippen molar-refractivity contribution in [2.24, 2.45) is 12.1 Å². The van der Waals surface area contributed by atoms with Gasteiger partial charge >= 0.3 is 5.97 Å². The Kier molecular flexibility index (Phi) is 4.84. The van der Waals surface area contributed by atoms with Crippen LogP contribution in [0.3, 0.4) is 0 Å². The molecule has 0 aliphatic carbocycles. The molecule has 2 aromatic rings. The third-order valence-electron chi connectivity index (χ3n) is 2.79. The van der Waals surface area contributed by atoms with Crippen LogP contribution >= 0.6 is 12.2 Å². The summed E-state index contributed by atoms with van der Waals surface area (Å²) in [6.45, 7) is 1.88. The van der Waals surface area contributed by atoms with Crippen LogP contribution in [0.5, 0.6) is 0 Å². The molecule has 1 heterocycles. The molecule has 8 heteroatoms. The van der Waals surface area contributed by atoms with Crippen LogP contribution in [0.4, 0.5) is 5.69 Å². The fourth-order valence-electron chi connectivity index (χ4n) is 1.79. The van der Waals surface area contributed by atoms with Crippen LogP contribution in [-0.4, -0.2) is 32.2 Å². The van der Waals surface area contributed by atoms with Gasteiger partial charge < -0.3 is 10.4 Å². The van der Waals surface area contributed by atoms with Crippen LogP contribution in [0.2, 0.25) is 0 Å². The van der Waals surface area contributed by atoms with Crippen molar-refractivity contribution in [2.75, 3.05) is 5.32 Å². The molecule has 0 aliphatic heterocycles. The first-order valence-electron chi connectivity index (χ1n) is 6.39. The summed E-state index contributed by atoms with van der Waals surface area (Å²) in [5.74, 6) is -0.993. The van der Waals surface area contributed by atoms with Crippen molar-refractivity contribution < 1.29 is 9.90 Å². The van der Waals surface area contributed by atoms with Gasteiger partial charge in [0.15, 0.2) is 5.11 Å². The number of hydrazone groups is 1. The van der Waals surface area contributed by atoms with Crippen molar-refractivity contribution in [1.82, 2.24) is 15.2 Å². The first-order valence-corrected chi connectivity index (χ1v) is 6.80. The van der Waals surface area contributed by atoms with Crippen molar-refractivity contribution in [3.63, 3.8) is 0 Å². The molecule has 2 rings (SSSR count). The van der Waals surface area contributed by atoms with Gasteiger partial charge in [-0.3, -0.25) is 10.1 Å². The summed E-state index contributed by atoms with van der Waals surface area (Å²) in [4.78, 5) is 10.9. The van der Waals surface area contributed by atoms with Gasteiger partial charge in [0.25, 0.3) is 0 Å². The Bertz CT molecular complexity index is 739. The number of aromatic nitrogens is 2. The molecule has 0 fully saturated rings. The van der Waals surface area contributed by atoms with E-state index >= 15 is 0 Å². The molecule has 22 heavy (non-hydrogen) atoms. The maximum atomic E-state index is 10.9. The molecule has 0 spiro atoms. The third-order valence-corrected chi connectivity index (χ3v) is 2.98. The van der Waals surface area contributed by atoms with E-state index in [9.17, 15) is 4.79 Å². The van der Waals surface area contributed by atoms with Crippen LogP contribution in [0, 0.1) is 6.92 Å². The highest BCUT2D eigenvalue weighted by Crippen LogP contribution is 2.10. The first kappa shape index (κ1) is 15.6. The number of hydrogen-bond acceptors (Lipinski definition) is 4. The summed E-state index contributed by atoms with van der Waals surface area (Å²) in [5, 5.41) is 20.3. The predicted octanol–water partition coefficient (Wildman–Crippen LogP) is 1.75. The normalized spacial score (nSPS) is 10.6. The topological polar surface area (TPSA) is 91.5 Å². The monoisotopic (exact) mass is 317 g/mol. The summed E-state index contributed by atoms with van der Waals surface area (Å²) < 4.78 is 1.70. The lowest BCUT2D eigenvalue weighted by Gasteiger charge is -2.07. The zero-order chi connectivity index (χ0) is 16.1. The number of carbonyl (C=O) groups is 1. The Morgan fingerprint density at radius 2 is 2.27 bits per heavy atom. The fraction of sp³-hybridized carbons (Fsp3) is 0.143. The average Bonchev–Trinajstić information content (AvgIpc) is 2.77. The number of carboxylic acid groups (broad SMARTS) is 1. The second-order valence-electron chi connectivity index (χ2n) is 4.55. The van der Waals surface area contributed by atoms with Crippen LogP contribution in [0.1, 0.15) is 21.6 Å². The van der Waals surface area contributed by atoms with Crippen molar-refractivity contribution in [2.45, 2.75) is 6.92 Å². The van der Waals surface area contributed by atoms with Crippen LogP contribution in [0.15, 0.2) is 35.6 Å². The van der Waals surface area contributed by atoms with Crippen LogP contribution in [0.25, 0.3) is 0 Å². The Morgan fingerprint density at radius 3 is 2.91 bits per heavy atom. The van der Waals surface area contributed by atoms with Gasteiger partial charge in [-0.15, -0.1) is 0 Å². The van der Waals surface area contributed by atoms with Crippen molar-refractivity contribution in [3.8, 4) is 0 Å². The summed E-state index contributed by atoms with van der Waals surface area (Å²) in [7, 11) is 1.83. The Labute approximate surface area is 132 Å². The molecule has 0 aliphatic rings. The smallest absolute Gasteiger partial charge is 0.335 e. The molecule has 0 atom stereocenters. The minimum absolute atomic E-state index is 0.183. The van der Waals surface area contributed by atoms with E-state index in [0.29, 0.717) is 5.69 Å². The van der Waals surface area contributed by atoms with E-state index in [-0.39, 0.29) is 10.7 Å². The van der Waals surface area contributed by atoms with Gasteiger partial charge in [-0.05, 0) is 37.3 Å². The summed E-state index contributed by atoms with van der Waals surface area (Å²) in [6, 6.07) is 6.35. The molecule has 0 radical (unpaired) electrons. The summed E-state index contributed by atoms with van der Waals surface area (Å²) >= 11 is 5.09. The number of benzene rings is 1. The summed E-state index contributed by atoms with van der Waals surface area (Å²) in [5.41, 5.74) is 5.17. The highest BCUT2D eigenvalue weighted by molar-refractivity contribution is 7.80. The molecular weight excluding hydrogens is 302 g/mol. The largest absolute Gasteiger partial charge is 0.478 e. The van der Waals surface area contributed by atoms with Crippen molar-refractivity contribution >= 4 is 35.2 Å². The number of thiocarbonyl (C=S) groups is 1. The average molecular weight is 317 g/mol. The number of rotatable bonds is 4. The van der Waals surface area contributed by atoms with Crippen molar-refractivity contribution in [3.05, 3.63) is 47.3 Å². The molecule has 0 saturated carbocycles. The molecule has 0 amide bonds. The van der Waals surface area contributed by atoms with E-state index in [1.807, 2.05) is 20.2 Å². The second kappa shape index (κ2) is 6.81. The van der Waals surface area contributed by atoms with Gasteiger partial charge in [0.1, 0.15) is 0 Å². The van der Waals surface area contributed by atoms with Gasteiger partial charge in [-0.25, -0.2) is 4.79 Å². The number of nitrogens with one attached hydrogen (secondary N) is 2. The van der Waals surface area contributed by atoms with E-state index in [1.54, 1.807) is 23.0 Å². The number of carboxylic acids is 1. The van der Waals surface area contributed by atoms with Crippen LogP contribution < -0.4 is 10.7 Å². The standard InChI is InChI=1S/C14H15N5O2S/c1-9-11(8-19(2)18-9)7-15-17-14(22)16-12-5-3-4-10(6-12)13(20)21/h3-8H,1-2H3,(H,20,21)(H2,16,17,22)/b15-7+. The molecular formula is C14H15N5O2S. The lowest BCUT2D eigenvalue weighted by Crippen LogP contribution is -2.24. The SMILES string of the molecule is Cc1nn(C)cc1/C=N/NC(=S)Nc1cccc(C(=O)O)c1. The number of anilines is 1. The molecule has 1 aromatic heterocycles. The maximum absolute atomic E-state index is 10.9. The first-order chi connectivity index (χ1) is 10.5. The minimum Gasteiger partial charge on any atom is -0.478 e. The zero-order valence-electron chi connectivity index (χ0n) is 12.1. The summed E-state index contributed by atoms with van der Waals surface area (Å²) in [6.07, 6.45) is 3.46. The fourth-order valence-corrected chi connectivity index (χ4v) is 1.96. The van der Waals surface area contributed by atoms with Gasteiger partial charge in [-0.1, -0.05) is 6.07 Å². The molecule has 7 nitrogen and oxygen atoms in total. The van der Waals surface area contributed by atoms with Gasteiger partial charge in [0.05, 0.1) is 17.5 Å². The molecule has 0 unspecified atom stereocenters.